The monoisotopic (exact) mass is 482 g/mol. The number of nitrogens with one attached hydrogen (secondary N) is 1. The molecule has 1 aromatic heterocycles. The van der Waals surface area contributed by atoms with Gasteiger partial charge in [-0.1, -0.05) is 32.9 Å². The second-order valence-electron chi connectivity index (χ2n) is 7.81. The van der Waals surface area contributed by atoms with Gasteiger partial charge in [0.25, 0.3) is 11.8 Å². The van der Waals surface area contributed by atoms with Crippen LogP contribution in [-0.4, -0.2) is 11.8 Å². The Labute approximate surface area is 171 Å². The topological polar surface area (TPSA) is 72.2 Å². The maximum atomic E-state index is 12.7. The van der Waals surface area contributed by atoms with Crippen molar-refractivity contribution in [2.75, 3.05) is 5.32 Å². The standard InChI is InChI=1S/C20H23IN2O2S/c1-20(2,3)11-8-9-13-15(10-11)26-19(16(13)17(22)24)23-18(25)12-6-4-5-7-14(12)21/h4-7,11H,8-10H2,1-3H3,(H2,22,24)(H,23,25). The fraction of sp³-hybridized carbons (Fsp3) is 0.400. The fourth-order valence-corrected chi connectivity index (χ4v) is 5.45. The number of halogens is 1. The quantitative estimate of drug-likeness (QED) is 0.614. The maximum Gasteiger partial charge on any atom is 0.257 e. The largest absolute Gasteiger partial charge is 0.365 e. The Morgan fingerprint density at radius 2 is 1.96 bits per heavy atom. The first-order valence-electron chi connectivity index (χ1n) is 8.68. The van der Waals surface area contributed by atoms with Crippen LogP contribution in [0.2, 0.25) is 0 Å². The highest BCUT2D eigenvalue weighted by atomic mass is 127. The molecule has 1 aliphatic carbocycles. The second-order valence-corrected chi connectivity index (χ2v) is 10.1. The normalized spacial score (nSPS) is 16.8. The number of carbonyl (C=O) groups excluding carboxylic acids is 2. The Hall–Kier alpha value is -1.41. The minimum absolute atomic E-state index is 0.205. The summed E-state index contributed by atoms with van der Waals surface area (Å²) in [7, 11) is 0. The van der Waals surface area contributed by atoms with Gasteiger partial charge >= 0.3 is 0 Å². The van der Waals surface area contributed by atoms with Gasteiger partial charge in [-0.25, -0.2) is 0 Å². The molecule has 1 heterocycles. The summed E-state index contributed by atoms with van der Waals surface area (Å²) in [6.45, 7) is 6.77. The predicted molar refractivity (Wildman–Crippen MR) is 115 cm³/mol. The van der Waals surface area contributed by atoms with Gasteiger partial charge in [-0.05, 0) is 70.9 Å². The van der Waals surface area contributed by atoms with Gasteiger partial charge in [0.2, 0.25) is 0 Å². The average Bonchev–Trinajstić information content (AvgIpc) is 2.91. The predicted octanol–water partition coefficient (Wildman–Crippen LogP) is 4.85. The summed E-state index contributed by atoms with van der Waals surface area (Å²) in [6.07, 6.45) is 2.81. The number of hydrogen-bond donors (Lipinski definition) is 2. The number of amides is 2. The molecule has 3 N–H and O–H groups in total. The van der Waals surface area contributed by atoms with Crippen molar-refractivity contribution in [1.82, 2.24) is 0 Å². The molecule has 2 aromatic rings. The average molecular weight is 482 g/mol. The Kier molecular flexibility index (Phi) is 5.44. The number of primary amides is 1. The number of benzene rings is 1. The van der Waals surface area contributed by atoms with Gasteiger partial charge in [0.1, 0.15) is 5.00 Å². The number of thiophene rings is 1. The van der Waals surface area contributed by atoms with Crippen molar-refractivity contribution in [3.63, 3.8) is 0 Å². The summed E-state index contributed by atoms with van der Waals surface area (Å²) in [6, 6.07) is 7.39. The highest BCUT2D eigenvalue weighted by Gasteiger charge is 2.33. The van der Waals surface area contributed by atoms with E-state index in [2.05, 4.69) is 48.7 Å². The molecule has 26 heavy (non-hydrogen) atoms. The molecule has 1 aliphatic rings. The minimum atomic E-state index is -0.463. The molecule has 0 fully saturated rings. The van der Waals surface area contributed by atoms with Gasteiger partial charge in [0.05, 0.1) is 11.1 Å². The van der Waals surface area contributed by atoms with E-state index < -0.39 is 5.91 Å². The molecule has 138 valence electrons. The molecule has 0 saturated heterocycles. The number of rotatable bonds is 3. The second kappa shape index (κ2) is 7.31. The van der Waals surface area contributed by atoms with Crippen molar-refractivity contribution in [2.24, 2.45) is 17.1 Å². The lowest BCUT2D eigenvalue weighted by atomic mass is 9.72. The summed E-state index contributed by atoms with van der Waals surface area (Å²) in [5.41, 5.74) is 8.01. The minimum Gasteiger partial charge on any atom is -0.365 e. The van der Waals surface area contributed by atoms with Crippen molar-refractivity contribution in [3.05, 3.63) is 49.4 Å². The van der Waals surface area contributed by atoms with E-state index in [1.54, 1.807) is 6.07 Å². The van der Waals surface area contributed by atoms with Gasteiger partial charge in [-0.15, -0.1) is 11.3 Å². The highest BCUT2D eigenvalue weighted by molar-refractivity contribution is 14.1. The van der Waals surface area contributed by atoms with Crippen LogP contribution in [0.5, 0.6) is 0 Å². The number of fused-ring (bicyclic) bond motifs is 1. The first-order chi connectivity index (χ1) is 12.2. The molecule has 1 atom stereocenters. The summed E-state index contributed by atoms with van der Waals surface area (Å²) in [4.78, 5) is 26.0. The molecule has 0 aliphatic heterocycles. The molecular formula is C20H23IN2O2S. The van der Waals surface area contributed by atoms with Crippen molar-refractivity contribution in [1.29, 1.82) is 0 Å². The zero-order chi connectivity index (χ0) is 19.1. The Bertz CT molecular complexity index is 867. The zero-order valence-corrected chi connectivity index (χ0v) is 18.2. The van der Waals surface area contributed by atoms with Crippen LogP contribution in [-0.2, 0) is 12.8 Å². The van der Waals surface area contributed by atoms with E-state index in [9.17, 15) is 9.59 Å². The van der Waals surface area contributed by atoms with E-state index in [0.29, 0.717) is 22.0 Å². The third-order valence-corrected chi connectivity index (χ3v) is 7.19. The Balaban J connectivity index is 1.94. The molecule has 0 spiro atoms. The van der Waals surface area contributed by atoms with Gasteiger partial charge in [-0.3, -0.25) is 9.59 Å². The van der Waals surface area contributed by atoms with E-state index in [1.165, 1.54) is 16.2 Å². The third-order valence-electron chi connectivity index (χ3n) is 5.08. The third kappa shape index (κ3) is 3.81. The molecular weight excluding hydrogens is 459 g/mol. The van der Waals surface area contributed by atoms with Crippen molar-refractivity contribution < 1.29 is 9.59 Å². The first-order valence-corrected chi connectivity index (χ1v) is 10.6. The molecule has 0 saturated carbocycles. The van der Waals surface area contributed by atoms with Gasteiger partial charge < -0.3 is 11.1 Å². The summed E-state index contributed by atoms with van der Waals surface area (Å²) >= 11 is 3.64. The molecule has 3 rings (SSSR count). The molecule has 4 nitrogen and oxygen atoms in total. The Morgan fingerprint density at radius 3 is 2.58 bits per heavy atom. The lowest BCUT2D eigenvalue weighted by Crippen LogP contribution is -2.27. The van der Waals surface area contributed by atoms with Crippen LogP contribution in [0.15, 0.2) is 24.3 Å². The SMILES string of the molecule is CC(C)(C)C1CCc2c(sc(NC(=O)c3ccccc3I)c2C(N)=O)C1. The molecule has 2 amide bonds. The Morgan fingerprint density at radius 1 is 1.27 bits per heavy atom. The van der Waals surface area contributed by atoms with E-state index in [1.807, 2.05) is 18.2 Å². The van der Waals surface area contributed by atoms with E-state index in [0.717, 1.165) is 28.4 Å². The van der Waals surface area contributed by atoms with Gasteiger partial charge in [-0.2, -0.15) is 0 Å². The van der Waals surface area contributed by atoms with Crippen LogP contribution in [0.3, 0.4) is 0 Å². The van der Waals surface area contributed by atoms with Crippen molar-refractivity contribution >= 4 is 50.7 Å². The number of carbonyl (C=O) groups is 2. The summed E-state index contributed by atoms with van der Waals surface area (Å²) in [5.74, 6) is -0.105. The maximum absolute atomic E-state index is 12.7. The van der Waals surface area contributed by atoms with Crippen molar-refractivity contribution in [2.45, 2.75) is 40.0 Å². The number of nitrogens with two attached hydrogens (primary N) is 1. The van der Waals surface area contributed by atoms with Crippen LogP contribution >= 0.6 is 33.9 Å². The first kappa shape index (κ1) is 19.4. The van der Waals surface area contributed by atoms with E-state index in [-0.39, 0.29) is 11.3 Å². The lowest BCUT2D eigenvalue weighted by molar-refractivity contribution is 0.1000. The zero-order valence-electron chi connectivity index (χ0n) is 15.2. The van der Waals surface area contributed by atoms with Gasteiger partial charge in [0.15, 0.2) is 0 Å². The number of anilines is 1. The van der Waals surface area contributed by atoms with Crippen LogP contribution in [0.25, 0.3) is 0 Å². The molecule has 0 bridgehead atoms. The molecule has 0 radical (unpaired) electrons. The molecule has 1 unspecified atom stereocenters. The van der Waals surface area contributed by atoms with E-state index in [4.69, 9.17) is 5.73 Å². The smallest absolute Gasteiger partial charge is 0.257 e. The highest BCUT2D eigenvalue weighted by Crippen LogP contribution is 2.44. The van der Waals surface area contributed by atoms with Crippen LogP contribution < -0.4 is 11.1 Å². The van der Waals surface area contributed by atoms with Gasteiger partial charge in [0, 0.05) is 8.45 Å². The summed E-state index contributed by atoms with van der Waals surface area (Å²) < 4.78 is 0.873. The van der Waals surface area contributed by atoms with Crippen LogP contribution in [0, 0.1) is 14.9 Å². The van der Waals surface area contributed by atoms with Crippen LogP contribution in [0.4, 0.5) is 5.00 Å². The number of hydrogen-bond acceptors (Lipinski definition) is 3. The lowest BCUT2D eigenvalue weighted by Gasteiger charge is -2.33. The van der Waals surface area contributed by atoms with Crippen molar-refractivity contribution in [3.8, 4) is 0 Å². The van der Waals surface area contributed by atoms with E-state index >= 15 is 0 Å². The molecule has 1 aromatic carbocycles. The summed E-state index contributed by atoms with van der Waals surface area (Å²) in [5, 5.41) is 3.52. The van der Waals surface area contributed by atoms with Crippen LogP contribution in [0.1, 0.15) is 58.3 Å². The fourth-order valence-electron chi connectivity index (χ4n) is 3.49. The molecule has 6 heteroatoms.